The summed E-state index contributed by atoms with van der Waals surface area (Å²) in [6.45, 7) is 4.10. The van der Waals surface area contributed by atoms with Gasteiger partial charge in [0.1, 0.15) is 11.6 Å². The van der Waals surface area contributed by atoms with Crippen LogP contribution in [-0.4, -0.2) is 30.2 Å². The zero-order valence-electron chi connectivity index (χ0n) is 19.7. The summed E-state index contributed by atoms with van der Waals surface area (Å²) < 4.78 is 30.6. The van der Waals surface area contributed by atoms with Crippen LogP contribution >= 0.6 is 35.0 Å². The highest BCUT2D eigenvalue weighted by Gasteiger charge is 2.30. The SMILES string of the molecule is CC(C)(c1ccc(Cl)c(Cl)c1)c1cnc(SCc2ccc(-c3nnn[nH]3)cc2F)n1-c1ccc(F)cc1. The highest BCUT2D eigenvalue weighted by atomic mass is 35.5. The van der Waals surface area contributed by atoms with E-state index in [9.17, 15) is 8.78 Å². The van der Waals surface area contributed by atoms with Gasteiger partial charge in [-0.2, -0.15) is 0 Å². The average Bonchev–Trinajstić information content (AvgIpc) is 3.56. The van der Waals surface area contributed by atoms with E-state index in [1.54, 1.807) is 36.5 Å². The Balaban J connectivity index is 1.51. The van der Waals surface area contributed by atoms with E-state index in [2.05, 4.69) is 39.5 Å². The van der Waals surface area contributed by atoms with Crippen LogP contribution in [0, 0.1) is 11.6 Å². The van der Waals surface area contributed by atoms with Gasteiger partial charge in [-0.05, 0) is 64.0 Å². The molecule has 0 bridgehead atoms. The second kappa shape index (κ2) is 10.2. The minimum Gasteiger partial charge on any atom is -0.291 e. The maximum absolute atomic E-state index is 14.9. The summed E-state index contributed by atoms with van der Waals surface area (Å²) in [5.74, 6) is -0.00437. The number of aromatic nitrogens is 6. The van der Waals surface area contributed by atoms with Gasteiger partial charge in [-0.3, -0.25) is 4.57 Å². The molecule has 0 fully saturated rings. The van der Waals surface area contributed by atoms with Crippen LogP contribution in [0.2, 0.25) is 10.0 Å². The Bertz CT molecular complexity index is 1550. The van der Waals surface area contributed by atoms with Crippen molar-refractivity contribution >= 4 is 35.0 Å². The fourth-order valence-corrected chi connectivity index (χ4v) is 5.26. The van der Waals surface area contributed by atoms with E-state index < -0.39 is 5.41 Å². The molecule has 5 rings (SSSR count). The number of H-pyrrole nitrogens is 1. The number of nitrogens with one attached hydrogen (secondary N) is 1. The van der Waals surface area contributed by atoms with Crippen LogP contribution in [0.25, 0.3) is 17.1 Å². The van der Waals surface area contributed by atoms with Crippen LogP contribution in [0.15, 0.2) is 72.0 Å². The fourth-order valence-electron chi connectivity index (χ4n) is 3.99. The molecule has 6 nitrogen and oxygen atoms in total. The normalized spacial score (nSPS) is 11.7. The molecule has 5 aromatic rings. The van der Waals surface area contributed by atoms with Crippen molar-refractivity contribution in [3.05, 3.63) is 105 Å². The molecular formula is C26H20Cl2F2N6S. The zero-order chi connectivity index (χ0) is 26.2. The van der Waals surface area contributed by atoms with Gasteiger partial charge in [-0.15, -0.1) is 5.10 Å². The molecule has 0 aliphatic heterocycles. The number of nitrogens with zero attached hydrogens (tertiary/aromatic N) is 5. The molecule has 0 unspecified atom stereocenters. The molecule has 188 valence electrons. The van der Waals surface area contributed by atoms with Crippen LogP contribution in [0.1, 0.15) is 30.7 Å². The summed E-state index contributed by atoms with van der Waals surface area (Å²) in [6, 6.07) is 16.5. The molecule has 0 atom stereocenters. The Kier molecular flexibility index (Phi) is 7.02. The Morgan fingerprint density at radius 3 is 2.43 bits per heavy atom. The molecule has 0 radical (unpaired) electrons. The largest absolute Gasteiger partial charge is 0.291 e. The Labute approximate surface area is 226 Å². The number of rotatable bonds is 7. The highest BCUT2D eigenvalue weighted by Crippen LogP contribution is 2.38. The summed E-state index contributed by atoms with van der Waals surface area (Å²) in [6.07, 6.45) is 1.78. The van der Waals surface area contributed by atoms with Crippen molar-refractivity contribution < 1.29 is 8.78 Å². The van der Waals surface area contributed by atoms with Gasteiger partial charge in [0.15, 0.2) is 11.0 Å². The Morgan fingerprint density at radius 1 is 0.973 bits per heavy atom. The van der Waals surface area contributed by atoms with Gasteiger partial charge in [0.25, 0.3) is 0 Å². The Morgan fingerprint density at radius 2 is 1.76 bits per heavy atom. The lowest BCUT2D eigenvalue weighted by Crippen LogP contribution is -2.23. The fraction of sp³-hybridized carbons (Fsp3) is 0.154. The molecule has 0 amide bonds. The zero-order valence-corrected chi connectivity index (χ0v) is 22.0. The molecule has 3 aromatic carbocycles. The first-order chi connectivity index (χ1) is 17.7. The predicted molar refractivity (Wildman–Crippen MR) is 141 cm³/mol. The molecule has 11 heteroatoms. The quantitative estimate of drug-likeness (QED) is 0.213. The van der Waals surface area contributed by atoms with E-state index in [1.807, 2.05) is 16.7 Å². The molecule has 0 aliphatic carbocycles. The lowest BCUT2D eigenvalue weighted by Gasteiger charge is -2.28. The molecule has 2 heterocycles. The second-order valence-corrected chi connectivity index (χ2v) is 10.6. The third kappa shape index (κ3) is 5.12. The predicted octanol–water partition coefficient (Wildman–Crippen LogP) is 7.26. The van der Waals surface area contributed by atoms with Crippen LogP contribution in [0.4, 0.5) is 8.78 Å². The minimum absolute atomic E-state index is 0.325. The second-order valence-electron chi connectivity index (χ2n) is 8.84. The minimum atomic E-state index is -0.535. The van der Waals surface area contributed by atoms with E-state index in [0.29, 0.717) is 37.9 Å². The average molecular weight is 557 g/mol. The molecule has 1 N–H and O–H groups in total. The van der Waals surface area contributed by atoms with Gasteiger partial charge in [0.2, 0.25) is 0 Å². The number of tetrazole rings is 1. The number of benzene rings is 3. The van der Waals surface area contributed by atoms with E-state index in [-0.39, 0.29) is 11.6 Å². The Hall–Kier alpha value is -3.27. The van der Waals surface area contributed by atoms with Crippen molar-refractivity contribution in [1.82, 2.24) is 30.2 Å². The molecule has 0 spiro atoms. The molecule has 0 aliphatic rings. The lowest BCUT2D eigenvalue weighted by atomic mass is 9.81. The van der Waals surface area contributed by atoms with Crippen molar-refractivity contribution in [1.29, 1.82) is 0 Å². The number of thioether (sulfide) groups is 1. The smallest absolute Gasteiger partial charge is 0.179 e. The van der Waals surface area contributed by atoms with E-state index in [4.69, 9.17) is 23.2 Å². The number of halogens is 4. The number of aromatic amines is 1. The van der Waals surface area contributed by atoms with Crippen LogP contribution in [-0.2, 0) is 11.2 Å². The van der Waals surface area contributed by atoms with E-state index in [1.165, 1.54) is 30.0 Å². The highest BCUT2D eigenvalue weighted by molar-refractivity contribution is 7.98. The maximum atomic E-state index is 14.9. The summed E-state index contributed by atoms with van der Waals surface area (Å²) in [5.41, 5.74) is 3.04. The van der Waals surface area contributed by atoms with E-state index >= 15 is 0 Å². The summed E-state index contributed by atoms with van der Waals surface area (Å²) in [7, 11) is 0. The third-order valence-electron chi connectivity index (χ3n) is 6.12. The van der Waals surface area contributed by atoms with Gasteiger partial charge < -0.3 is 0 Å². The van der Waals surface area contributed by atoms with Gasteiger partial charge in [-0.1, -0.05) is 67.0 Å². The molecule has 37 heavy (non-hydrogen) atoms. The van der Waals surface area contributed by atoms with Crippen molar-refractivity contribution in [3.8, 4) is 17.1 Å². The molecule has 2 aromatic heterocycles. The lowest BCUT2D eigenvalue weighted by molar-refractivity contribution is 0.591. The molecule has 0 saturated carbocycles. The van der Waals surface area contributed by atoms with E-state index in [0.717, 1.165) is 16.9 Å². The monoisotopic (exact) mass is 556 g/mol. The van der Waals surface area contributed by atoms with Gasteiger partial charge >= 0.3 is 0 Å². The standard InChI is InChI=1S/C26H20Cl2F2N6S/c1-26(2,17-5-10-20(27)21(28)12-17)23-13-31-25(36(23)19-8-6-18(29)7-9-19)37-14-16-4-3-15(11-22(16)30)24-32-34-35-33-24/h3-13H,14H2,1-2H3,(H,32,33,34,35). The molecular weight excluding hydrogens is 537 g/mol. The number of imidazole rings is 1. The maximum Gasteiger partial charge on any atom is 0.179 e. The summed E-state index contributed by atoms with van der Waals surface area (Å²) >= 11 is 13.8. The van der Waals surface area contributed by atoms with Crippen LogP contribution < -0.4 is 0 Å². The van der Waals surface area contributed by atoms with Crippen molar-refractivity contribution in [2.24, 2.45) is 0 Å². The number of hydrogen-bond acceptors (Lipinski definition) is 5. The summed E-state index contributed by atoms with van der Waals surface area (Å²) in [5, 5.41) is 15.1. The van der Waals surface area contributed by atoms with Crippen LogP contribution in [0.5, 0.6) is 0 Å². The van der Waals surface area contributed by atoms with Gasteiger partial charge in [-0.25, -0.2) is 18.9 Å². The first kappa shape index (κ1) is 25.4. The van der Waals surface area contributed by atoms with Crippen LogP contribution in [0.3, 0.4) is 0 Å². The topological polar surface area (TPSA) is 72.3 Å². The number of hydrogen-bond donors (Lipinski definition) is 1. The first-order valence-corrected chi connectivity index (χ1v) is 12.9. The first-order valence-electron chi connectivity index (χ1n) is 11.2. The van der Waals surface area contributed by atoms with Gasteiger partial charge in [0.05, 0.1) is 21.9 Å². The summed E-state index contributed by atoms with van der Waals surface area (Å²) in [4.78, 5) is 4.67. The third-order valence-corrected chi connectivity index (χ3v) is 7.87. The van der Waals surface area contributed by atoms with Crippen molar-refractivity contribution in [2.75, 3.05) is 0 Å². The van der Waals surface area contributed by atoms with Crippen molar-refractivity contribution in [3.63, 3.8) is 0 Å². The molecule has 0 saturated heterocycles. The van der Waals surface area contributed by atoms with Crippen molar-refractivity contribution in [2.45, 2.75) is 30.2 Å². The van der Waals surface area contributed by atoms with Gasteiger partial charge in [0, 0.05) is 22.4 Å².